The first-order valence-corrected chi connectivity index (χ1v) is 5.84. The molecule has 17 heavy (non-hydrogen) atoms. The molecule has 4 nitrogen and oxygen atoms in total. The monoisotopic (exact) mass is 256 g/mol. The van der Waals surface area contributed by atoms with E-state index in [1.54, 1.807) is 18.2 Å². The third-order valence-corrected chi connectivity index (χ3v) is 2.25. The van der Waals surface area contributed by atoms with Gasteiger partial charge in [0, 0.05) is 17.1 Å². The SMILES string of the molecule is CC(C)NC(=O)CCOc1cc(Cl)ccc1N. The van der Waals surface area contributed by atoms with Gasteiger partial charge in [-0.25, -0.2) is 0 Å². The number of halogens is 1. The molecule has 0 spiro atoms. The van der Waals surface area contributed by atoms with Gasteiger partial charge in [-0.2, -0.15) is 0 Å². The average Bonchev–Trinajstić information content (AvgIpc) is 2.22. The molecule has 1 amide bonds. The minimum atomic E-state index is -0.0411. The number of hydrogen-bond donors (Lipinski definition) is 2. The Morgan fingerprint density at radius 2 is 2.24 bits per heavy atom. The Morgan fingerprint density at radius 1 is 1.53 bits per heavy atom. The van der Waals surface area contributed by atoms with Crippen molar-refractivity contribution in [2.75, 3.05) is 12.3 Å². The number of hydrogen-bond acceptors (Lipinski definition) is 3. The van der Waals surface area contributed by atoms with Gasteiger partial charge < -0.3 is 15.8 Å². The number of nitrogen functional groups attached to an aromatic ring is 1. The van der Waals surface area contributed by atoms with Gasteiger partial charge in [-0.3, -0.25) is 4.79 Å². The van der Waals surface area contributed by atoms with Crippen LogP contribution in [0.15, 0.2) is 18.2 Å². The lowest BCUT2D eigenvalue weighted by Gasteiger charge is -2.10. The molecule has 5 heteroatoms. The molecule has 0 radical (unpaired) electrons. The number of amides is 1. The number of nitrogens with one attached hydrogen (secondary N) is 1. The Morgan fingerprint density at radius 3 is 2.88 bits per heavy atom. The zero-order chi connectivity index (χ0) is 12.8. The minimum Gasteiger partial charge on any atom is -0.491 e. The molecule has 1 rings (SSSR count). The van der Waals surface area contributed by atoms with Crippen LogP contribution in [0.5, 0.6) is 5.75 Å². The van der Waals surface area contributed by atoms with Crippen molar-refractivity contribution < 1.29 is 9.53 Å². The van der Waals surface area contributed by atoms with Crippen LogP contribution in [0.4, 0.5) is 5.69 Å². The summed E-state index contributed by atoms with van der Waals surface area (Å²) in [6.45, 7) is 4.10. The normalized spacial score (nSPS) is 10.4. The molecule has 0 aliphatic carbocycles. The van der Waals surface area contributed by atoms with Crippen molar-refractivity contribution in [1.29, 1.82) is 0 Å². The summed E-state index contributed by atoms with van der Waals surface area (Å²) in [5.74, 6) is 0.468. The zero-order valence-corrected chi connectivity index (χ0v) is 10.8. The van der Waals surface area contributed by atoms with E-state index < -0.39 is 0 Å². The molecule has 0 aromatic heterocycles. The second-order valence-electron chi connectivity index (χ2n) is 4.00. The van der Waals surface area contributed by atoms with Crippen molar-refractivity contribution in [2.24, 2.45) is 0 Å². The van der Waals surface area contributed by atoms with Crippen LogP contribution in [0.1, 0.15) is 20.3 Å². The maximum absolute atomic E-state index is 11.3. The highest BCUT2D eigenvalue weighted by Gasteiger charge is 2.05. The predicted molar refractivity (Wildman–Crippen MR) is 69.3 cm³/mol. The Balaban J connectivity index is 2.40. The molecule has 3 N–H and O–H groups in total. The van der Waals surface area contributed by atoms with E-state index >= 15 is 0 Å². The number of rotatable bonds is 5. The summed E-state index contributed by atoms with van der Waals surface area (Å²) in [4.78, 5) is 11.3. The largest absolute Gasteiger partial charge is 0.491 e. The van der Waals surface area contributed by atoms with Gasteiger partial charge in [-0.05, 0) is 26.0 Å². The predicted octanol–water partition coefficient (Wildman–Crippen LogP) is 2.22. The van der Waals surface area contributed by atoms with Crippen molar-refractivity contribution in [2.45, 2.75) is 26.3 Å². The number of carbonyl (C=O) groups is 1. The van der Waals surface area contributed by atoms with Gasteiger partial charge in [-0.1, -0.05) is 11.6 Å². The molecule has 0 unspecified atom stereocenters. The maximum atomic E-state index is 11.3. The second kappa shape index (κ2) is 6.35. The molecular formula is C12H17ClN2O2. The summed E-state index contributed by atoms with van der Waals surface area (Å²) in [5, 5.41) is 3.34. The van der Waals surface area contributed by atoms with Gasteiger partial charge in [0.15, 0.2) is 0 Å². The molecule has 1 aromatic carbocycles. The summed E-state index contributed by atoms with van der Waals surface area (Å²) < 4.78 is 5.40. The average molecular weight is 257 g/mol. The molecule has 0 saturated heterocycles. The lowest BCUT2D eigenvalue weighted by molar-refractivity contribution is -0.122. The van der Waals surface area contributed by atoms with Crippen molar-refractivity contribution in [3.63, 3.8) is 0 Å². The third kappa shape index (κ3) is 4.95. The van der Waals surface area contributed by atoms with Crippen molar-refractivity contribution in [3.05, 3.63) is 23.2 Å². The van der Waals surface area contributed by atoms with Crippen molar-refractivity contribution >= 4 is 23.2 Å². The quantitative estimate of drug-likeness (QED) is 0.794. The van der Waals surface area contributed by atoms with Gasteiger partial charge in [0.05, 0.1) is 18.7 Å². The second-order valence-corrected chi connectivity index (χ2v) is 4.44. The molecule has 1 aromatic rings. The fourth-order valence-electron chi connectivity index (χ4n) is 1.28. The van der Waals surface area contributed by atoms with Gasteiger partial charge in [-0.15, -0.1) is 0 Å². The summed E-state index contributed by atoms with van der Waals surface area (Å²) in [7, 11) is 0. The number of benzene rings is 1. The summed E-state index contributed by atoms with van der Waals surface area (Å²) in [6, 6.07) is 5.14. The van der Waals surface area contributed by atoms with E-state index in [-0.39, 0.29) is 18.6 Å². The summed E-state index contributed by atoms with van der Waals surface area (Å²) in [6.07, 6.45) is 0.296. The fraction of sp³-hybridized carbons (Fsp3) is 0.417. The summed E-state index contributed by atoms with van der Waals surface area (Å²) in [5.41, 5.74) is 6.22. The van der Waals surface area contributed by atoms with E-state index in [9.17, 15) is 4.79 Å². The van der Waals surface area contributed by atoms with Crippen LogP contribution >= 0.6 is 11.6 Å². The van der Waals surface area contributed by atoms with E-state index in [2.05, 4.69) is 5.32 Å². The number of nitrogens with two attached hydrogens (primary N) is 1. The van der Waals surface area contributed by atoms with Crippen LogP contribution in [0.2, 0.25) is 5.02 Å². The standard InChI is InChI=1S/C12H17ClN2O2/c1-8(2)15-12(16)5-6-17-11-7-9(13)3-4-10(11)14/h3-4,7-8H,5-6,14H2,1-2H3,(H,15,16). The molecule has 0 saturated carbocycles. The number of anilines is 1. The molecule has 0 fully saturated rings. The maximum Gasteiger partial charge on any atom is 0.223 e. The van der Waals surface area contributed by atoms with Gasteiger partial charge in [0.1, 0.15) is 5.75 Å². The van der Waals surface area contributed by atoms with Crippen molar-refractivity contribution in [1.82, 2.24) is 5.32 Å². The lowest BCUT2D eigenvalue weighted by atomic mass is 10.3. The highest BCUT2D eigenvalue weighted by Crippen LogP contribution is 2.25. The first-order chi connectivity index (χ1) is 7.99. The van der Waals surface area contributed by atoms with Crippen LogP contribution < -0.4 is 15.8 Å². The Bertz CT molecular complexity index is 394. The molecule has 0 aliphatic heterocycles. The van der Waals surface area contributed by atoms with Crippen LogP contribution in [0.25, 0.3) is 0 Å². The van der Waals surface area contributed by atoms with Gasteiger partial charge in [0.2, 0.25) is 5.91 Å². The van der Waals surface area contributed by atoms with E-state index in [0.717, 1.165) is 0 Å². The highest BCUT2D eigenvalue weighted by molar-refractivity contribution is 6.30. The first-order valence-electron chi connectivity index (χ1n) is 5.46. The van der Waals surface area contributed by atoms with Crippen LogP contribution in [0.3, 0.4) is 0 Å². The van der Waals surface area contributed by atoms with Gasteiger partial charge in [0.25, 0.3) is 0 Å². The minimum absolute atomic E-state index is 0.0411. The molecule has 0 aliphatic rings. The van der Waals surface area contributed by atoms with Crippen LogP contribution in [0, 0.1) is 0 Å². The molecule has 0 bridgehead atoms. The third-order valence-electron chi connectivity index (χ3n) is 2.01. The van der Waals surface area contributed by atoms with E-state index in [0.29, 0.717) is 22.9 Å². The Hall–Kier alpha value is -1.42. The Labute approximate surface area is 106 Å². The van der Waals surface area contributed by atoms with Crippen LogP contribution in [-0.4, -0.2) is 18.6 Å². The van der Waals surface area contributed by atoms with E-state index in [1.807, 2.05) is 13.8 Å². The number of ether oxygens (including phenoxy) is 1. The summed E-state index contributed by atoms with van der Waals surface area (Å²) >= 11 is 5.81. The molecule has 0 atom stereocenters. The lowest BCUT2D eigenvalue weighted by Crippen LogP contribution is -2.31. The molecular weight excluding hydrogens is 240 g/mol. The zero-order valence-electron chi connectivity index (χ0n) is 10.00. The topological polar surface area (TPSA) is 64.3 Å². The van der Waals surface area contributed by atoms with Gasteiger partial charge >= 0.3 is 0 Å². The molecule has 94 valence electrons. The Kier molecular flexibility index (Phi) is 5.10. The van der Waals surface area contributed by atoms with E-state index in [4.69, 9.17) is 22.1 Å². The van der Waals surface area contributed by atoms with Crippen molar-refractivity contribution in [3.8, 4) is 5.75 Å². The smallest absolute Gasteiger partial charge is 0.223 e. The first kappa shape index (κ1) is 13.6. The van der Waals surface area contributed by atoms with Crippen LogP contribution in [-0.2, 0) is 4.79 Å². The molecule has 0 heterocycles. The highest BCUT2D eigenvalue weighted by atomic mass is 35.5. The fourth-order valence-corrected chi connectivity index (χ4v) is 1.44. The number of carbonyl (C=O) groups excluding carboxylic acids is 1. The van der Waals surface area contributed by atoms with E-state index in [1.165, 1.54) is 0 Å².